The van der Waals surface area contributed by atoms with Crippen LogP contribution in [0.4, 0.5) is 10.1 Å². The number of fused-ring (bicyclic) bond motifs is 2. The maximum Gasteiger partial charge on any atom is 0.287 e. The lowest BCUT2D eigenvalue weighted by molar-refractivity contribution is -0.162. The van der Waals surface area contributed by atoms with Crippen molar-refractivity contribution in [2.45, 2.75) is 37.8 Å². The zero-order valence-electron chi connectivity index (χ0n) is 23.4. The molecule has 3 amide bonds. The predicted molar refractivity (Wildman–Crippen MR) is 154 cm³/mol. The third-order valence-corrected chi connectivity index (χ3v) is 8.42. The standard InChI is InChI=1S/C30H32ClFN6O4/c1-36(2)29(41)20-7-3-19(4-8-20)15-37-11-12-38-24(30(37)16-42-17-30)25(31)35-26(38)28(40)33-14-18-5-9-21(10-6-18)34-27(39)22-13-23(22)32/h3-10,22-23H,11-17H2,1-2H3,(H,33,40)(H,34,39)/t22-,23+/m1/s1. The molecule has 1 saturated heterocycles. The van der Waals surface area contributed by atoms with Gasteiger partial charge in [-0.15, -0.1) is 0 Å². The van der Waals surface area contributed by atoms with Crippen LogP contribution >= 0.6 is 11.6 Å². The van der Waals surface area contributed by atoms with E-state index in [0.29, 0.717) is 44.1 Å². The van der Waals surface area contributed by atoms with Crippen molar-refractivity contribution >= 4 is 35.0 Å². The molecule has 0 unspecified atom stereocenters. The van der Waals surface area contributed by atoms with Gasteiger partial charge in [0, 0.05) is 51.5 Å². The number of rotatable bonds is 8. The molecule has 2 aliphatic heterocycles. The van der Waals surface area contributed by atoms with Gasteiger partial charge in [-0.2, -0.15) is 0 Å². The van der Waals surface area contributed by atoms with Crippen molar-refractivity contribution in [1.29, 1.82) is 0 Å². The summed E-state index contributed by atoms with van der Waals surface area (Å²) in [5.41, 5.74) is 3.39. The van der Waals surface area contributed by atoms with E-state index in [2.05, 4.69) is 20.5 Å². The molecule has 0 radical (unpaired) electrons. The zero-order valence-corrected chi connectivity index (χ0v) is 24.2. The molecule has 2 N–H and O–H groups in total. The summed E-state index contributed by atoms with van der Waals surface area (Å²) in [6.07, 6.45) is -0.771. The van der Waals surface area contributed by atoms with Gasteiger partial charge in [-0.3, -0.25) is 19.3 Å². The summed E-state index contributed by atoms with van der Waals surface area (Å²) in [5, 5.41) is 5.91. The fraction of sp³-hybridized carbons (Fsp3) is 0.400. The van der Waals surface area contributed by atoms with Crippen LogP contribution in [0.15, 0.2) is 48.5 Å². The first kappa shape index (κ1) is 28.3. The zero-order chi connectivity index (χ0) is 29.6. The first-order chi connectivity index (χ1) is 20.2. The Kier molecular flexibility index (Phi) is 7.50. The Morgan fingerprint density at radius 2 is 1.74 bits per heavy atom. The largest absolute Gasteiger partial charge is 0.377 e. The number of carbonyl (C=O) groups excluding carboxylic acids is 3. The summed E-state index contributed by atoms with van der Waals surface area (Å²) < 4.78 is 20.7. The normalized spacial score (nSPS) is 20.4. The van der Waals surface area contributed by atoms with E-state index in [1.54, 1.807) is 43.3 Å². The third kappa shape index (κ3) is 5.28. The molecule has 1 saturated carbocycles. The summed E-state index contributed by atoms with van der Waals surface area (Å²) in [4.78, 5) is 45.8. The van der Waals surface area contributed by atoms with Crippen molar-refractivity contribution in [3.63, 3.8) is 0 Å². The van der Waals surface area contributed by atoms with Crippen LogP contribution < -0.4 is 10.6 Å². The molecule has 1 aromatic heterocycles. The minimum absolute atomic E-state index is 0.0447. The van der Waals surface area contributed by atoms with E-state index in [-0.39, 0.29) is 41.7 Å². The van der Waals surface area contributed by atoms with Gasteiger partial charge >= 0.3 is 0 Å². The van der Waals surface area contributed by atoms with Gasteiger partial charge in [0.15, 0.2) is 5.15 Å². The smallest absolute Gasteiger partial charge is 0.287 e. The van der Waals surface area contributed by atoms with Crippen LogP contribution in [0.5, 0.6) is 0 Å². The number of carbonyl (C=O) groups is 3. The van der Waals surface area contributed by atoms with Crippen molar-refractivity contribution in [2.24, 2.45) is 5.92 Å². The second kappa shape index (κ2) is 11.1. The summed E-state index contributed by atoms with van der Waals surface area (Å²) in [6, 6.07) is 14.6. The number of nitrogens with zero attached hydrogens (tertiary/aromatic N) is 4. The molecule has 1 spiro atoms. The van der Waals surface area contributed by atoms with Crippen LogP contribution in [0.25, 0.3) is 0 Å². The molecule has 10 nitrogen and oxygen atoms in total. The lowest BCUT2D eigenvalue weighted by Crippen LogP contribution is -2.63. The molecular weight excluding hydrogens is 563 g/mol. The SMILES string of the molecule is CN(C)C(=O)c1ccc(CN2CCn3c(C(=O)NCc4ccc(NC(=O)[C@@H]5C[C@@H]5F)cc4)nc(Cl)c3C23COC3)cc1. The fourth-order valence-corrected chi connectivity index (χ4v) is 5.91. The Bertz CT molecular complexity index is 1520. The Morgan fingerprint density at radius 1 is 1.07 bits per heavy atom. The van der Waals surface area contributed by atoms with Crippen LogP contribution in [-0.2, 0) is 34.7 Å². The quantitative estimate of drug-likeness (QED) is 0.415. The number of ether oxygens (including phenoxy) is 1. The molecule has 6 rings (SSSR count). The van der Waals surface area contributed by atoms with E-state index in [0.717, 1.165) is 16.8 Å². The highest BCUT2D eigenvalue weighted by atomic mass is 35.5. The average molecular weight is 595 g/mol. The third-order valence-electron chi connectivity index (χ3n) is 8.15. The van der Waals surface area contributed by atoms with Crippen LogP contribution in [0.3, 0.4) is 0 Å². The maximum absolute atomic E-state index is 13.2. The highest BCUT2D eigenvalue weighted by Crippen LogP contribution is 2.43. The summed E-state index contributed by atoms with van der Waals surface area (Å²) in [6.45, 7) is 2.96. The summed E-state index contributed by atoms with van der Waals surface area (Å²) in [5.74, 6) is -1.00. The number of anilines is 1. The van der Waals surface area contributed by atoms with E-state index < -0.39 is 17.6 Å². The lowest BCUT2D eigenvalue weighted by Gasteiger charge is -2.52. The maximum atomic E-state index is 13.2. The number of halogens is 2. The monoisotopic (exact) mass is 594 g/mol. The number of imidazole rings is 1. The number of benzene rings is 2. The second-order valence-corrected chi connectivity index (χ2v) is 11.7. The molecule has 0 bridgehead atoms. The first-order valence-electron chi connectivity index (χ1n) is 13.9. The minimum Gasteiger partial charge on any atom is -0.377 e. The Balaban J connectivity index is 1.12. The number of hydrogen-bond acceptors (Lipinski definition) is 6. The van der Waals surface area contributed by atoms with Crippen LogP contribution in [-0.4, -0.2) is 77.1 Å². The molecule has 42 heavy (non-hydrogen) atoms. The minimum atomic E-state index is -1.05. The first-order valence-corrected chi connectivity index (χ1v) is 14.3. The Hall–Kier alpha value is -3.80. The Labute approximate surface area is 247 Å². The van der Waals surface area contributed by atoms with Crippen molar-refractivity contribution in [1.82, 2.24) is 24.7 Å². The Morgan fingerprint density at radius 3 is 2.33 bits per heavy atom. The molecule has 3 aliphatic rings. The van der Waals surface area contributed by atoms with Gasteiger partial charge in [0.05, 0.1) is 24.8 Å². The molecule has 2 aromatic carbocycles. The summed E-state index contributed by atoms with van der Waals surface area (Å²) >= 11 is 6.68. The van der Waals surface area contributed by atoms with Crippen LogP contribution in [0, 0.1) is 5.92 Å². The van der Waals surface area contributed by atoms with Crippen molar-refractivity contribution in [3.05, 3.63) is 81.9 Å². The van der Waals surface area contributed by atoms with Gasteiger partial charge in [0.2, 0.25) is 11.7 Å². The van der Waals surface area contributed by atoms with Gasteiger partial charge in [0.25, 0.3) is 11.8 Å². The molecule has 3 heterocycles. The van der Waals surface area contributed by atoms with Crippen molar-refractivity contribution in [3.8, 4) is 0 Å². The second-order valence-electron chi connectivity index (χ2n) is 11.3. The topological polar surface area (TPSA) is 109 Å². The molecular formula is C30H32ClFN6O4. The highest BCUT2D eigenvalue weighted by Gasteiger charge is 2.52. The van der Waals surface area contributed by atoms with Crippen LogP contribution in [0.1, 0.15) is 44.2 Å². The number of amides is 3. The van der Waals surface area contributed by atoms with Gasteiger partial charge in [0.1, 0.15) is 11.7 Å². The molecule has 3 aromatic rings. The fourth-order valence-electron chi connectivity index (χ4n) is 5.56. The van der Waals surface area contributed by atoms with E-state index in [1.807, 2.05) is 28.8 Å². The predicted octanol–water partition coefficient (Wildman–Crippen LogP) is 3.21. The molecule has 1 aliphatic carbocycles. The number of aromatic nitrogens is 2. The highest BCUT2D eigenvalue weighted by molar-refractivity contribution is 6.30. The van der Waals surface area contributed by atoms with Gasteiger partial charge < -0.3 is 24.8 Å². The molecule has 2 atom stereocenters. The lowest BCUT2D eigenvalue weighted by atomic mass is 9.88. The van der Waals surface area contributed by atoms with Crippen molar-refractivity contribution < 1.29 is 23.5 Å². The van der Waals surface area contributed by atoms with E-state index in [4.69, 9.17) is 16.3 Å². The number of nitrogens with one attached hydrogen (secondary N) is 2. The molecule has 12 heteroatoms. The molecule has 220 valence electrons. The summed E-state index contributed by atoms with van der Waals surface area (Å²) in [7, 11) is 3.46. The average Bonchev–Trinajstić information content (AvgIpc) is 3.61. The van der Waals surface area contributed by atoms with Gasteiger partial charge in [-0.05, 0) is 41.8 Å². The van der Waals surface area contributed by atoms with Gasteiger partial charge in [-0.25, -0.2) is 9.37 Å². The van der Waals surface area contributed by atoms with Crippen LogP contribution in [0.2, 0.25) is 5.15 Å². The van der Waals surface area contributed by atoms with E-state index >= 15 is 0 Å². The van der Waals surface area contributed by atoms with Gasteiger partial charge in [-0.1, -0.05) is 35.9 Å². The van der Waals surface area contributed by atoms with E-state index in [1.165, 1.54) is 0 Å². The number of hydrogen-bond donors (Lipinski definition) is 2. The van der Waals surface area contributed by atoms with Crippen molar-refractivity contribution in [2.75, 3.05) is 39.2 Å². The molecule has 2 fully saturated rings. The number of alkyl halides is 1. The van der Waals surface area contributed by atoms with E-state index in [9.17, 15) is 18.8 Å².